The topological polar surface area (TPSA) is 74.8 Å². The van der Waals surface area contributed by atoms with Gasteiger partial charge >= 0.3 is 0 Å². The first kappa shape index (κ1) is 19.4. The maximum absolute atomic E-state index is 13.4. The summed E-state index contributed by atoms with van der Waals surface area (Å²) in [6, 6.07) is 11.4. The fourth-order valence-corrected chi connectivity index (χ4v) is 3.47. The fourth-order valence-electron chi connectivity index (χ4n) is 3.47. The summed E-state index contributed by atoms with van der Waals surface area (Å²) in [4.78, 5) is 17.2. The van der Waals surface area contributed by atoms with Crippen LogP contribution in [0.3, 0.4) is 0 Å². The lowest BCUT2D eigenvalue weighted by atomic mass is 10.0. The van der Waals surface area contributed by atoms with Crippen LogP contribution >= 0.6 is 0 Å². The first-order valence-electron chi connectivity index (χ1n) is 9.57. The SMILES string of the molecule is CN1CCN([C@@H](CNC(=O)c2cc(-c3ccco3)on2)c2ccc(F)cc2)CC1. The van der Waals surface area contributed by atoms with Gasteiger partial charge in [-0.3, -0.25) is 9.69 Å². The Morgan fingerprint density at radius 2 is 1.93 bits per heavy atom. The molecule has 0 unspecified atom stereocenters. The van der Waals surface area contributed by atoms with Gasteiger partial charge < -0.3 is 19.2 Å². The Morgan fingerprint density at radius 1 is 1.17 bits per heavy atom. The van der Waals surface area contributed by atoms with Gasteiger partial charge in [-0.2, -0.15) is 0 Å². The number of piperazine rings is 1. The van der Waals surface area contributed by atoms with E-state index in [0.29, 0.717) is 18.1 Å². The number of nitrogens with one attached hydrogen (secondary N) is 1. The third-order valence-electron chi connectivity index (χ3n) is 5.20. The molecule has 2 aromatic heterocycles. The number of hydrogen-bond acceptors (Lipinski definition) is 6. The number of rotatable bonds is 6. The summed E-state index contributed by atoms with van der Waals surface area (Å²) in [7, 11) is 2.09. The van der Waals surface area contributed by atoms with Gasteiger partial charge in [0.15, 0.2) is 11.5 Å². The lowest BCUT2D eigenvalue weighted by Crippen LogP contribution is -2.48. The van der Waals surface area contributed by atoms with Crippen LogP contribution in [0.5, 0.6) is 0 Å². The predicted molar refractivity (Wildman–Crippen MR) is 105 cm³/mol. The van der Waals surface area contributed by atoms with E-state index in [4.69, 9.17) is 8.94 Å². The third kappa shape index (κ3) is 4.55. The summed E-state index contributed by atoms with van der Waals surface area (Å²) in [5.74, 6) is 0.309. The summed E-state index contributed by atoms with van der Waals surface area (Å²) in [6.45, 7) is 4.03. The largest absolute Gasteiger partial charge is 0.461 e. The maximum atomic E-state index is 13.4. The lowest BCUT2D eigenvalue weighted by molar-refractivity contribution is 0.0878. The molecule has 1 saturated heterocycles. The van der Waals surface area contributed by atoms with Gasteiger partial charge in [-0.05, 0) is 36.9 Å². The number of carbonyl (C=O) groups excluding carboxylic acids is 1. The van der Waals surface area contributed by atoms with Crippen LogP contribution in [0.15, 0.2) is 57.7 Å². The Bertz CT molecular complexity index is 931. The number of likely N-dealkylation sites (N-methyl/N-ethyl adjacent to an activating group) is 1. The van der Waals surface area contributed by atoms with Crippen LogP contribution in [0.2, 0.25) is 0 Å². The van der Waals surface area contributed by atoms with Crippen molar-refractivity contribution < 1.29 is 18.1 Å². The van der Waals surface area contributed by atoms with Crippen molar-refractivity contribution in [2.24, 2.45) is 0 Å². The molecule has 152 valence electrons. The minimum absolute atomic E-state index is 0.0512. The number of nitrogens with zero attached hydrogens (tertiary/aromatic N) is 3. The molecular weight excluding hydrogens is 375 g/mol. The van der Waals surface area contributed by atoms with Gasteiger partial charge in [0.2, 0.25) is 5.76 Å². The van der Waals surface area contributed by atoms with Crippen molar-refractivity contribution in [2.45, 2.75) is 6.04 Å². The molecule has 3 heterocycles. The third-order valence-corrected chi connectivity index (χ3v) is 5.20. The van der Waals surface area contributed by atoms with Crippen molar-refractivity contribution in [1.29, 1.82) is 0 Å². The number of carbonyl (C=O) groups is 1. The molecule has 7 nitrogen and oxygen atoms in total. The zero-order valence-electron chi connectivity index (χ0n) is 16.2. The zero-order valence-corrected chi connectivity index (χ0v) is 16.2. The maximum Gasteiger partial charge on any atom is 0.273 e. The van der Waals surface area contributed by atoms with Gasteiger partial charge in [-0.25, -0.2) is 4.39 Å². The van der Waals surface area contributed by atoms with Crippen LogP contribution in [0.25, 0.3) is 11.5 Å². The highest BCUT2D eigenvalue weighted by molar-refractivity contribution is 5.92. The van der Waals surface area contributed by atoms with Gasteiger partial charge in [-0.1, -0.05) is 17.3 Å². The fraction of sp³-hybridized carbons (Fsp3) is 0.333. The molecular formula is C21H23FN4O3. The van der Waals surface area contributed by atoms with Crippen molar-refractivity contribution >= 4 is 5.91 Å². The summed E-state index contributed by atoms with van der Waals surface area (Å²) < 4.78 is 23.8. The van der Waals surface area contributed by atoms with Crippen LogP contribution in [0, 0.1) is 5.82 Å². The second-order valence-corrected chi connectivity index (χ2v) is 7.17. The second-order valence-electron chi connectivity index (χ2n) is 7.17. The van der Waals surface area contributed by atoms with E-state index in [1.54, 1.807) is 30.3 Å². The van der Waals surface area contributed by atoms with Crippen molar-refractivity contribution in [1.82, 2.24) is 20.3 Å². The number of furan rings is 1. The zero-order chi connectivity index (χ0) is 20.2. The molecule has 1 aliphatic rings. The predicted octanol–water partition coefficient (Wildman–Crippen LogP) is 2.79. The van der Waals surface area contributed by atoms with Crippen LogP contribution in [-0.2, 0) is 0 Å². The first-order valence-corrected chi connectivity index (χ1v) is 9.57. The highest BCUT2D eigenvalue weighted by Crippen LogP contribution is 2.23. The van der Waals surface area contributed by atoms with E-state index in [1.165, 1.54) is 18.4 Å². The molecule has 1 atom stereocenters. The molecule has 1 N–H and O–H groups in total. The minimum atomic E-state index is -0.326. The number of amides is 1. The standard InChI is InChI=1S/C21H23FN4O3/c1-25-8-10-26(11-9-25)18(15-4-6-16(22)7-5-15)14-23-21(27)17-13-20(29-24-17)19-3-2-12-28-19/h2-7,12-13,18H,8-11,14H2,1H3,(H,23,27)/t18-/m0/s1. The number of benzene rings is 1. The highest BCUT2D eigenvalue weighted by atomic mass is 19.1. The Labute approximate surface area is 168 Å². The number of hydrogen-bond donors (Lipinski definition) is 1. The normalized spacial score (nSPS) is 16.6. The van der Waals surface area contributed by atoms with Gasteiger partial charge in [-0.15, -0.1) is 0 Å². The van der Waals surface area contributed by atoms with E-state index in [9.17, 15) is 9.18 Å². The van der Waals surface area contributed by atoms with Gasteiger partial charge in [0.1, 0.15) is 5.82 Å². The molecule has 3 aromatic rings. The first-order chi connectivity index (χ1) is 14.1. The molecule has 0 radical (unpaired) electrons. The smallest absolute Gasteiger partial charge is 0.273 e. The van der Waals surface area contributed by atoms with Crippen LogP contribution in [-0.4, -0.2) is 60.6 Å². The summed E-state index contributed by atoms with van der Waals surface area (Å²) in [5, 5.41) is 6.78. The van der Waals surface area contributed by atoms with Crippen LogP contribution < -0.4 is 5.32 Å². The van der Waals surface area contributed by atoms with E-state index in [-0.39, 0.29) is 23.5 Å². The Morgan fingerprint density at radius 3 is 2.62 bits per heavy atom. The number of aromatic nitrogens is 1. The molecule has 1 amide bonds. The second kappa shape index (κ2) is 8.59. The van der Waals surface area contributed by atoms with Crippen LogP contribution in [0.4, 0.5) is 4.39 Å². The van der Waals surface area contributed by atoms with Crippen molar-refractivity contribution in [3.05, 3.63) is 65.8 Å². The lowest BCUT2D eigenvalue weighted by Gasteiger charge is -2.38. The molecule has 0 saturated carbocycles. The molecule has 29 heavy (non-hydrogen) atoms. The van der Waals surface area contributed by atoms with E-state index in [1.807, 2.05) is 0 Å². The van der Waals surface area contributed by atoms with E-state index in [2.05, 4.69) is 27.3 Å². The summed E-state index contributed by atoms with van der Waals surface area (Å²) >= 11 is 0. The Hall–Kier alpha value is -2.97. The number of halogens is 1. The van der Waals surface area contributed by atoms with E-state index >= 15 is 0 Å². The quantitative estimate of drug-likeness (QED) is 0.688. The summed E-state index contributed by atoms with van der Waals surface area (Å²) in [5.41, 5.74) is 1.15. The molecule has 0 aliphatic carbocycles. The molecule has 0 spiro atoms. The van der Waals surface area contributed by atoms with Gasteiger partial charge in [0.25, 0.3) is 5.91 Å². The van der Waals surface area contributed by atoms with E-state index < -0.39 is 0 Å². The molecule has 0 bridgehead atoms. The molecule has 1 aromatic carbocycles. The molecule has 8 heteroatoms. The summed E-state index contributed by atoms with van der Waals surface area (Å²) in [6.07, 6.45) is 1.53. The van der Waals surface area contributed by atoms with Crippen LogP contribution in [0.1, 0.15) is 22.1 Å². The Kier molecular flexibility index (Phi) is 5.73. The van der Waals surface area contributed by atoms with Gasteiger partial charge in [0.05, 0.1) is 12.3 Å². The molecule has 1 aliphatic heterocycles. The average Bonchev–Trinajstić information content (AvgIpc) is 3.42. The molecule has 4 rings (SSSR count). The Balaban J connectivity index is 1.46. The average molecular weight is 398 g/mol. The van der Waals surface area contributed by atoms with Crippen molar-refractivity contribution in [2.75, 3.05) is 39.8 Å². The molecule has 1 fully saturated rings. The van der Waals surface area contributed by atoms with Crippen molar-refractivity contribution in [3.8, 4) is 11.5 Å². The van der Waals surface area contributed by atoms with Gasteiger partial charge in [0, 0.05) is 38.8 Å². The highest BCUT2D eigenvalue weighted by Gasteiger charge is 2.25. The van der Waals surface area contributed by atoms with Crippen molar-refractivity contribution in [3.63, 3.8) is 0 Å². The monoisotopic (exact) mass is 398 g/mol. The van der Waals surface area contributed by atoms with E-state index in [0.717, 1.165) is 31.7 Å². The minimum Gasteiger partial charge on any atom is -0.461 e.